The number of halogens is 1. The highest BCUT2D eigenvalue weighted by molar-refractivity contribution is 7.89. The summed E-state index contributed by atoms with van der Waals surface area (Å²) in [5.74, 6) is -1.33. The number of hydrogen-bond acceptors (Lipinski definition) is 5. The van der Waals surface area contributed by atoms with Gasteiger partial charge in [-0.1, -0.05) is 24.6 Å². The molecule has 2 rings (SSSR count). The average molecular weight is 411 g/mol. The minimum Gasteiger partial charge on any atom is -0.449 e. The minimum absolute atomic E-state index is 0.0279. The van der Waals surface area contributed by atoms with Gasteiger partial charge in [-0.3, -0.25) is 4.79 Å². The fourth-order valence-electron chi connectivity index (χ4n) is 2.12. The topological polar surface area (TPSA) is 102 Å². The van der Waals surface area contributed by atoms with Crippen LogP contribution in [0.15, 0.2) is 53.4 Å². The second-order valence-electron chi connectivity index (χ2n) is 5.57. The van der Waals surface area contributed by atoms with Gasteiger partial charge in [0.1, 0.15) is 0 Å². The van der Waals surface area contributed by atoms with Crippen LogP contribution in [0.25, 0.3) is 0 Å². The zero-order valence-electron chi connectivity index (χ0n) is 14.7. The van der Waals surface area contributed by atoms with Crippen molar-refractivity contribution in [2.45, 2.75) is 24.8 Å². The molecule has 0 aliphatic heterocycles. The van der Waals surface area contributed by atoms with Gasteiger partial charge in [0.05, 0.1) is 10.5 Å². The molecule has 9 heteroatoms. The number of nitrogens with one attached hydrogen (secondary N) is 2. The Balaban J connectivity index is 2.05. The molecule has 1 atom stereocenters. The number of ether oxygens (including phenoxy) is 1. The molecule has 144 valence electrons. The number of amides is 1. The summed E-state index contributed by atoms with van der Waals surface area (Å²) in [4.78, 5) is 24.3. The van der Waals surface area contributed by atoms with E-state index in [2.05, 4.69) is 10.0 Å². The standard InChI is InChI=1S/C18H19ClN2O5S/c1-3-20-27(24,25)16-6-4-5-13(11-16)18(23)26-12(2)17(22)21-15-9-7-14(19)8-10-15/h4-12,20H,3H2,1-2H3,(H,21,22). The van der Waals surface area contributed by atoms with Crippen molar-refractivity contribution >= 4 is 39.2 Å². The first-order valence-corrected chi connectivity index (χ1v) is 9.96. The number of carbonyl (C=O) groups is 2. The fourth-order valence-corrected chi connectivity index (χ4v) is 3.34. The molecule has 1 unspecified atom stereocenters. The Kier molecular flexibility index (Phi) is 6.95. The Labute approximate surface area is 162 Å². The van der Waals surface area contributed by atoms with Crippen molar-refractivity contribution in [3.8, 4) is 0 Å². The lowest BCUT2D eigenvalue weighted by molar-refractivity contribution is -0.123. The number of anilines is 1. The third-order valence-electron chi connectivity index (χ3n) is 3.48. The Hall–Kier alpha value is -2.42. The molecule has 0 aliphatic rings. The summed E-state index contributed by atoms with van der Waals surface area (Å²) in [5, 5.41) is 3.13. The van der Waals surface area contributed by atoms with Gasteiger partial charge in [0, 0.05) is 17.3 Å². The molecule has 0 saturated heterocycles. The second-order valence-corrected chi connectivity index (χ2v) is 7.78. The van der Waals surface area contributed by atoms with Crippen molar-refractivity contribution in [2.75, 3.05) is 11.9 Å². The van der Waals surface area contributed by atoms with Crippen LogP contribution in [0.1, 0.15) is 24.2 Å². The van der Waals surface area contributed by atoms with E-state index in [0.29, 0.717) is 10.7 Å². The van der Waals surface area contributed by atoms with Crippen LogP contribution in [-0.2, 0) is 19.6 Å². The van der Waals surface area contributed by atoms with Crippen LogP contribution in [0.3, 0.4) is 0 Å². The van der Waals surface area contributed by atoms with Gasteiger partial charge in [-0.05, 0) is 49.4 Å². The number of esters is 1. The van der Waals surface area contributed by atoms with Crippen LogP contribution in [0, 0.1) is 0 Å². The van der Waals surface area contributed by atoms with Crippen LogP contribution in [0.4, 0.5) is 5.69 Å². The van der Waals surface area contributed by atoms with E-state index in [1.54, 1.807) is 31.2 Å². The normalized spacial score (nSPS) is 12.3. The van der Waals surface area contributed by atoms with Crippen LogP contribution in [0.2, 0.25) is 5.02 Å². The zero-order valence-corrected chi connectivity index (χ0v) is 16.3. The van der Waals surface area contributed by atoms with Gasteiger partial charge in [0.2, 0.25) is 10.0 Å². The van der Waals surface area contributed by atoms with Crippen LogP contribution < -0.4 is 10.0 Å². The molecule has 1 amide bonds. The highest BCUT2D eigenvalue weighted by Gasteiger charge is 2.21. The Morgan fingerprint density at radius 3 is 2.44 bits per heavy atom. The molecule has 0 fully saturated rings. The van der Waals surface area contributed by atoms with E-state index in [0.717, 1.165) is 0 Å². The van der Waals surface area contributed by atoms with Crippen molar-refractivity contribution in [3.63, 3.8) is 0 Å². The number of sulfonamides is 1. The number of carbonyl (C=O) groups excluding carboxylic acids is 2. The monoisotopic (exact) mass is 410 g/mol. The molecule has 0 radical (unpaired) electrons. The van der Waals surface area contributed by atoms with Crippen molar-refractivity contribution in [1.82, 2.24) is 4.72 Å². The van der Waals surface area contributed by atoms with Gasteiger partial charge in [-0.2, -0.15) is 0 Å². The number of hydrogen-bond donors (Lipinski definition) is 2. The highest BCUT2D eigenvalue weighted by atomic mass is 35.5. The number of benzene rings is 2. The first-order valence-electron chi connectivity index (χ1n) is 8.10. The predicted molar refractivity (Wildman–Crippen MR) is 102 cm³/mol. The first-order chi connectivity index (χ1) is 12.7. The number of rotatable bonds is 7. The van der Waals surface area contributed by atoms with Gasteiger partial charge in [0.25, 0.3) is 5.91 Å². The maximum atomic E-state index is 12.3. The molecule has 2 aromatic rings. The molecular formula is C18H19ClN2O5S. The van der Waals surface area contributed by atoms with Crippen molar-refractivity contribution in [3.05, 3.63) is 59.1 Å². The highest BCUT2D eigenvalue weighted by Crippen LogP contribution is 2.15. The predicted octanol–water partition coefficient (Wildman–Crippen LogP) is 2.82. The lowest BCUT2D eigenvalue weighted by Gasteiger charge is -2.14. The molecule has 2 N–H and O–H groups in total. The summed E-state index contributed by atoms with van der Waals surface area (Å²) in [7, 11) is -3.70. The summed E-state index contributed by atoms with van der Waals surface area (Å²) in [6, 6.07) is 11.9. The molecule has 0 aliphatic carbocycles. The van der Waals surface area contributed by atoms with Gasteiger partial charge in [-0.15, -0.1) is 0 Å². The van der Waals surface area contributed by atoms with Crippen molar-refractivity contribution < 1.29 is 22.7 Å². The molecule has 0 aromatic heterocycles. The van der Waals surface area contributed by atoms with Crippen molar-refractivity contribution in [2.24, 2.45) is 0 Å². The Morgan fingerprint density at radius 1 is 1.15 bits per heavy atom. The molecule has 7 nitrogen and oxygen atoms in total. The minimum atomic E-state index is -3.70. The van der Waals surface area contributed by atoms with Crippen LogP contribution in [-0.4, -0.2) is 32.9 Å². The quantitative estimate of drug-likeness (QED) is 0.683. The fraction of sp³-hybridized carbons (Fsp3) is 0.222. The largest absolute Gasteiger partial charge is 0.449 e. The summed E-state index contributed by atoms with van der Waals surface area (Å²) >= 11 is 5.78. The SMILES string of the molecule is CCNS(=O)(=O)c1cccc(C(=O)OC(C)C(=O)Nc2ccc(Cl)cc2)c1. The maximum Gasteiger partial charge on any atom is 0.338 e. The second kappa shape index (κ2) is 8.98. The third-order valence-corrected chi connectivity index (χ3v) is 5.27. The first kappa shape index (κ1) is 20.9. The Morgan fingerprint density at radius 2 is 1.81 bits per heavy atom. The van der Waals surface area contributed by atoms with Gasteiger partial charge >= 0.3 is 5.97 Å². The molecule has 0 heterocycles. The smallest absolute Gasteiger partial charge is 0.338 e. The Bertz CT molecular complexity index is 929. The van der Waals surface area contributed by atoms with Gasteiger partial charge < -0.3 is 10.1 Å². The molecule has 2 aromatic carbocycles. The molecule has 27 heavy (non-hydrogen) atoms. The maximum absolute atomic E-state index is 12.3. The van der Waals surface area contributed by atoms with E-state index >= 15 is 0 Å². The average Bonchev–Trinajstić information content (AvgIpc) is 2.63. The zero-order chi connectivity index (χ0) is 20.0. The summed E-state index contributed by atoms with van der Waals surface area (Å²) in [5.41, 5.74) is 0.533. The summed E-state index contributed by atoms with van der Waals surface area (Å²) in [6.07, 6.45) is -1.08. The summed E-state index contributed by atoms with van der Waals surface area (Å²) in [6.45, 7) is 3.29. The van der Waals surface area contributed by atoms with E-state index in [9.17, 15) is 18.0 Å². The molecule has 0 saturated carbocycles. The van der Waals surface area contributed by atoms with Crippen LogP contribution >= 0.6 is 11.6 Å². The van der Waals surface area contributed by atoms with Gasteiger partial charge in [-0.25, -0.2) is 17.9 Å². The molecular weight excluding hydrogens is 392 g/mol. The van der Waals surface area contributed by atoms with E-state index in [-0.39, 0.29) is 17.0 Å². The van der Waals surface area contributed by atoms with E-state index < -0.39 is 28.0 Å². The van der Waals surface area contributed by atoms with E-state index in [4.69, 9.17) is 16.3 Å². The molecule has 0 bridgehead atoms. The van der Waals surface area contributed by atoms with E-state index in [1.807, 2.05) is 0 Å². The van der Waals surface area contributed by atoms with E-state index in [1.165, 1.54) is 31.2 Å². The lowest BCUT2D eigenvalue weighted by atomic mass is 10.2. The van der Waals surface area contributed by atoms with Crippen LogP contribution in [0.5, 0.6) is 0 Å². The van der Waals surface area contributed by atoms with Crippen molar-refractivity contribution in [1.29, 1.82) is 0 Å². The summed E-state index contributed by atoms with van der Waals surface area (Å²) < 4.78 is 31.5. The van der Waals surface area contributed by atoms with Gasteiger partial charge in [0.15, 0.2) is 6.10 Å². The lowest BCUT2D eigenvalue weighted by Crippen LogP contribution is -2.30. The molecule has 0 spiro atoms. The third kappa shape index (κ3) is 5.78.